The van der Waals surface area contributed by atoms with Crippen LogP contribution in [0.15, 0.2) is 24.8 Å². The Morgan fingerprint density at radius 2 is 1.79 bits per heavy atom. The quantitative estimate of drug-likeness (QED) is 0.454. The zero-order valence-corrected chi connectivity index (χ0v) is 7.72. The summed E-state index contributed by atoms with van der Waals surface area (Å²) in [6.45, 7) is 3.07. The lowest BCUT2D eigenvalue weighted by atomic mass is 10.1. The van der Waals surface area contributed by atoms with Gasteiger partial charge < -0.3 is 10.2 Å². The van der Waals surface area contributed by atoms with E-state index in [1.165, 1.54) is 0 Å². The highest BCUT2D eigenvalue weighted by Gasteiger charge is 2.30. The summed E-state index contributed by atoms with van der Waals surface area (Å²) in [6.07, 6.45) is 0.650. The van der Waals surface area contributed by atoms with Crippen molar-refractivity contribution in [1.82, 2.24) is 0 Å². The van der Waals surface area contributed by atoms with Crippen LogP contribution in [0.5, 0.6) is 0 Å². The van der Waals surface area contributed by atoms with Crippen LogP contribution in [0, 0.1) is 11.6 Å². The zero-order valence-electron chi connectivity index (χ0n) is 6.97. The Kier molecular flexibility index (Phi) is 2.89. The molecule has 0 unspecified atom stereocenters. The van der Waals surface area contributed by atoms with Gasteiger partial charge in [0.15, 0.2) is 0 Å². The first-order valence-electron chi connectivity index (χ1n) is 3.62. The maximum Gasteiger partial charge on any atom is 0.214 e. The molecule has 1 aromatic rings. The lowest BCUT2D eigenvalue weighted by Crippen LogP contribution is -2.24. The molecule has 76 valence electrons. The molecule has 2 nitrogen and oxygen atoms in total. The van der Waals surface area contributed by atoms with Crippen LogP contribution in [-0.2, 0) is 5.79 Å². The Bertz CT molecular complexity index is 377. The van der Waals surface area contributed by atoms with Gasteiger partial charge in [0.2, 0.25) is 5.79 Å². The molecule has 0 aliphatic rings. The van der Waals surface area contributed by atoms with Crippen LogP contribution in [-0.4, -0.2) is 10.2 Å². The molecule has 0 saturated carbocycles. The van der Waals surface area contributed by atoms with E-state index in [0.29, 0.717) is 6.08 Å². The topological polar surface area (TPSA) is 40.5 Å². The summed E-state index contributed by atoms with van der Waals surface area (Å²) >= 11 is 5.38. The molecule has 0 atom stereocenters. The summed E-state index contributed by atoms with van der Waals surface area (Å²) in [6, 6.07) is 1.54. The van der Waals surface area contributed by atoms with E-state index < -0.39 is 28.0 Å². The summed E-state index contributed by atoms with van der Waals surface area (Å²) < 4.78 is 26.0. The van der Waals surface area contributed by atoms with Gasteiger partial charge in [-0.1, -0.05) is 18.2 Å². The van der Waals surface area contributed by atoms with E-state index in [9.17, 15) is 19.0 Å². The molecular formula is C9H7ClF2O2. The molecule has 0 radical (unpaired) electrons. The number of halogens is 3. The second kappa shape index (κ2) is 3.65. The Labute approximate surface area is 84.1 Å². The zero-order chi connectivity index (χ0) is 10.9. The van der Waals surface area contributed by atoms with E-state index >= 15 is 0 Å². The predicted octanol–water partition coefficient (Wildman–Crippen LogP) is 1.94. The van der Waals surface area contributed by atoms with Gasteiger partial charge in [-0.05, 0) is 18.2 Å². The second-order valence-corrected chi connectivity index (χ2v) is 3.03. The fourth-order valence-electron chi connectivity index (χ4n) is 0.966. The summed E-state index contributed by atoms with van der Waals surface area (Å²) in [5.74, 6) is -4.62. The molecule has 0 aliphatic carbocycles. The van der Waals surface area contributed by atoms with Crippen LogP contribution >= 0.6 is 11.6 Å². The lowest BCUT2D eigenvalue weighted by molar-refractivity contribution is -0.127. The van der Waals surface area contributed by atoms with Crippen molar-refractivity contribution in [2.75, 3.05) is 0 Å². The summed E-state index contributed by atoms with van der Waals surface area (Å²) in [5, 5.41) is 17.8. The van der Waals surface area contributed by atoms with Crippen molar-refractivity contribution in [3.8, 4) is 0 Å². The largest absolute Gasteiger partial charge is 0.359 e. The van der Waals surface area contributed by atoms with E-state index in [2.05, 4.69) is 6.58 Å². The number of aliphatic hydroxyl groups is 2. The van der Waals surface area contributed by atoms with Crippen LogP contribution < -0.4 is 0 Å². The van der Waals surface area contributed by atoms with Crippen molar-refractivity contribution in [2.45, 2.75) is 5.79 Å². The minimum Gasteiger partial charge on any atom is -0.359 e. The molecule has 1 rings (SSSR count). The predicted molar refractivity (Wildman–Crippen MR) is 47.7 cm³/mol. The van der Waals surface area contributed by atoms with Crippen LogP contribution in [0.2, 0.25) is 5.02 Å². The van der Waals surface area contributed by atoms with Crippen LogP contribution in [0.4, 0.5) is 8.78 Å². The highest BCUT2D eigenvalue weighted by atomic mass is 35.5. The Morgan fingerprint density at radius 1 is 1.29 bits per heavy atom. The van der Waals surface area contributed by atoms with Crippen molar-refractivity contribution in [3.63, 3.8) is 0 Å². The highest BCUT2D eigenvalue weighted by molar-refractivity contribution is 6.31. The van der Waals surface area contributed by atoms with Gasteiger partial charge in [-0.25, -0.2) is 8.78 Å². The number of rotatable bonds is 2. The molecule has 5 heteroatoms. The molecule has 0 spiro atoms. The Morgan fingerprint density at radius 3 is 2.29 bits per heavy atom. The van der Waals surface area contributed by atoms with Gasteiger partial charge in [-0.15, -0.1) is 0 Å². The van der Waals surface area contributed by atoms with Gasteiger partial charge in [0, 0.05) is 0 Å². The fourth-order valence-corrected chi connectivity index (χ4v) is 1.26. The first kappa shape index (κ1) is 11.1. The number of hydrogen-bond donors (Lipinski definition) is 2. The normalized spacial score (nSPS) is 11.5. The molecule has 0 aliphatic heterocycles. The minimum absolute atomic E-state index is 0.650. The third-order valence-corrected chi connectivity index (χ3v) is 2.07. The van der Waals surface area contributed by atoms with E-state index in [0.717, 1.165) is 12.1 Å². The van der Waals surface area contributed by atoms with Gasteiger partial charge in [-0.2, -0.15) is 0 Å². The molecule has 2 N–H and O–H groups in total. The summed E-state index contributed by atoms with van der Waals surface area (Å²) in [5.41, 5.74) is -0.742. The van der Waals surface area contributed by atoms with E-state index in [4.69, 9.17) is 11.6 Å². The van der Waals surface area contributed by atoms with E-state index in [-0.39, 0.29) is 0 Å². The molecular weight excluding hydrogens is 214 g/mol. The smallest absolute Gasteiger partial charge is 0.214 e. The average Bonchev–Trinajstić information content (AvgIpc) is 2.12. The molecule has 0 aromatic heterocycles. The van der Waals surface area contributed by atoms with Crippen molar-refractivity contribution in [3.05, 3.63) is 47.0 Å². The molecule has 0 saturated heterocycles. The lowest BCUT2D eigenvalue weighted by Gasteiger charge is -2.19. The maximum absolute atomic E-state index is 13.1. The molecule has 1 aromatic carbocycles. The summed E-state index contributed by atoms with van der Waals surface area (Å²) in [7, 11) is 0. The van der Waals surface area contributed by atoms with Crippen molar-refractivity contribution < 1.29 is 19.0 Å². The molecule has 0 bridgehead atoms. The van der Waals surface area contributed by atoms with Crippen molar-refractivity contribution >= 4 is 11.6 Å². The monoisotopic (exact) mass is 220 g/mol. The van der Waals surface area contributed by atoms with E-state index in [1.807, 2.05) is 0 Å². The minimum atomic E-state index is -2.68. The first-order valence-corrected chi connectivity index (χ1v) is 4.00. The van der Waals surface area contributed by atoms with Crippen LogP contribution in [0.1, 0.15) is 5.56 Å². The average molecular weight is 221 g/mol. The Hall–Kier alpha value is -0.970. The maximum atomic E-state index is 13.1. The Balaban J connectivity index is 3.47. The van der Waals surface area contributed by atoms with Crippen LogP contribution in [0.25, 0.3) is 0 Å². The second-order valence-electron chi connectivity index (χ2n) is 2.65. The van der Waals surface area contributed by atoms with Gasteiger partial charge in [0.1, 0.15) is 11.6 Å². The molecule has 0 amide bonds. The molecule has 0 fully saturated rings. The third-order valence-electron chi connectivity index (χ3n) is 1.70. The van der Waals surface area contributed by atoms with Gasteiger partial charge >= 0.3 is 0 Å². The third kappa shape index (κ3) is 1.77. The molecule has 14 heavy (non-hydrogen) atoms. The van der Waals surface area contributed by atoms with Gasteiger partial charge in [-0.3, -0.25) is 0 Å². The highest BCUT2D eigenvalue weighted by Crippen LogP contribution is 2.31. The standard InChI is InChI=1S/C9H7ClF2O2/c1-2-9(13,14)7-5(11)3-4-6(12)8(7)10/h2-4,13-14H,1H2. The summed E-state index contributed by atoms with van der Waals surface area (Å²) in [4.78, 5) is 0. The van der Waals surface area contributed by atoms with Crippen LogP contribution in [0.3, 0.4) is 0 Å². The van der Waals surface area contributed by atoms with Gasteiger partial charge in [0.25, 0.3) is 0 Å². The SMILES string of the molecule is C=CC(O)(O)c1c(F)ccc(F)c1Cl. The molecule has 0 heterocycles. The van der Waals surface area contributed by atoms with E-state index in [1.54, 1.807) is 0 Å². The van der Waals surface area contributed by atoms with Gasteiger partial charge in [0.05, 0.1) is 10.6 Å². The fraction of sp³-hybridized carbons (Fsp3) is 0.111. The van der Waals surface area contributed by atoms with Crippen molar-refractivity contribution in [2.24, 2.45) is 0 Å². The number of benzene rings is 1. The van der Waals surface area contributed by atoms with Crippen molar-refractivity contribution in [1.29, 1.82) is 0 Å². The first-order chi connectivity index (χ1) is 6.40. The number of hydrogen-bond acceptors (Lipinski definition) is 2.